The van der Waals surface area contributed by atoms with Gasteiger partial charge in [-0.2, -0.15) is 0 Å². The number of carbonyl (C=O) groups is 1. The van der Waals surface area contributed by atoms with Gasteiger partial charge in [0, 0.05) is 18.5 Å². The van der Waals surface area contributed by atoms with Crippen molar-refractivity contribution in [2.24, 2.45) is 0 Å². The molecule has 0 amide bonds. The molecule has 0 atom stereocenters. The van der Waals surface area contributed by atoms with Crippen molar-refractivity contribution in [2.75, 3.05) is 26.7 Å². The van der Waals surface area contributed by atoms with Crippen LogP contribution >= 0.6 is 0 Å². The van der Waals surface area contributed by atoms with Gasteiger partial charge in [-0.1, -0.05) is 0 Å². The molecule has 0 aliphatic carbocycles. The van der Waals surface area contributed by atoms with Crippen LogP contribution in [0.4, 0.5) is 0 Å². The highest BCUT2D eigenvalue weighted by Gasteiger charge is 2.16. The van der Waals surface area contributed by atoms with E-state index in [0.29, 0.717) is 6.42 Å². The highest BCUT2D eigenvalue weighted by molar-refractivity contribution is 5.98. The number of ketones is 1. The minimum absolute atomic E-state index is 0.246. The van der Waals surface area contributed by atoms with Crippen LogP contribution in [0.5, 0.6) is 5.75 Å². The van der Waals surface area contributed by atoms with Crippen molar-refractivity contribution in [3.8, 4) is 5.75 Å². The normalized spacial score (nSPS) is 15.7. The van der Waals surface area contributed by atoms with Gasteiger partial charge in [0.15, 0.2) is 5.78 Å². The standard InChI is InChI=1S/C16H23NO2/c1-12-11-16(19-3)13(2)10-14(12)15(18)6-9-17-7-4-5-8-17/h10-11H,4-9H2,1-3H3. The van der Waals surface area contributed by atoms with Gasteiger partial charge in [-0.3, -0.25) is 4.79 Å². The number of Topliss-reactive ketones (excluding diaryl/α,β-unsaturated/α-hetero) is 1. The summed E-state index contributed by atoms with van der Waals surface area (Å²) in [6.07, 6.45) is 3.16. The number of methoxy groups -OCH3 is 1. The fourth-order valence-corrected chi connectivity index (χ4v) is 2.71. The Morgan fingerprint density at radius 1 is 1.21 bits per heavy atom. The average Bonchev–Trinajstić information content (AvgIpc) is 2.91. The van der Waals surface area contributed by atoms with Crippen LogP contribution in [0, 0.1) is 13.8 Å². The molecule has 0 N–H and O–H groups in total. The van der Waals surface area contributed by atoms with Gasteiger partial charge in [0.1, 0.15) is 5.75 Å². The summed E-state index contributed by atoms with van der Waals surface area (Å²) in [6.45, 7) is 7.14. The lowest BCUT2D eigenvalue weighted by Gasteiger charge is -2.15. The van der Waals surface area contributed by atoms with E-state index in [1.54, 1.807) is 7.11 Å². The van der Waals surface area contributed by atoms with Gasteiger partial charge in [-0.25, -0.2) is 0 Å². The van der Waals surface area contributed by atoms with Crippen LogP contribution < -0.4 is 4.74 Å². The lowest BCUT2D eigenvalue weighted by molar-refractivity contribution is 0.0968. The summed E-state index contributed by atoms with van der Waals surface area (Å²) in [5.41, 5.74) is 2.88. The van der Waals surface area contributed by atoms with Crippen LogP contribution in [-0.4, -0.2) is 37.4 Å². The molecule has 3 nitrogen and oxygen atoms in total. The molecule has 1 aliphatic rings. The summed E-state index contributed by atoms with van der Waals surface area (Å²) < 4.78 is 5.28. The molecule has 0 spiro atoms. The molecule has 2 rings (SSSR count). The SMILES string of the molecule is COc1cc(C)c(C(=O)CCN2CCCC2)cc1C. The van der Waals surface area contributed by atoms with Crippen LogP contribution in [0.1, 0.15) is 40.7 Å². The summed E-state index contributed by atoms with van der Waals surface area (Å²) in [5.74, 6) is 1.10. The zero-order chi connectivity index (χ0) is 13.8. The first-order valence-electron chi connectivity index (χ1n) is 7.02. The molecule has 1 fully saturated rings. The molecular formula is C16H23NO2. The Bertz CT molecular complexity index is 462. The first-order valence-corrected chi connectivity index (χ1v) is 7.02. The molecule has 104 valence electrons. The molecule has 1 aromatic rings. The van der Waals surface area contributed by atoms with Crippen LogP contribution in [0.2, 0.25) is 0 Å². The first-order chi connectivity index (χ1) is 9.11. The molecule has 3 heteroatoms. The third-order valence-corrected chi connectivity index (χ3v) is 3.90. The minimum Gasteiger partial charge on any atom is -0.496 e. The van der Waals surface area contributed by atoms with Gasteiger partial charge >= 0.3 is 0 Å². The maximum absolute atomic E-state index is 12.3. The van der Waals surface area contributed by atoms with Gasteiger partial charge in [0.25, 0.3) is 0 Å². The molecular weight excluding hydrogens is 238 g/mol. The van der Waals surface area contributed by atoms with Gasteiger partial charge < -0.3 is 9.64 Å². The minimum atomic E-state index is 0.246. The highest BCUT2D eigenvalue weighted by atomic mass is 16.5. The Labute approximate surface area is 115 Å². The summed E-state index contributed by atoms with van der Waals surface area (Å²) in [4.78, 5) is 14.7. The number of rotatable bonds is 5. The second-order valence-corrected chi connectivity index (χ2v) is 5.36. The Morgan fingerprint density at radius 3 is 2.53 bits per heavy atom. The molecule has 0 aromatic heterocycles. The van der Waals surface area contributed by atoms with E-state index in [0.717, 1.165) is 42.1 Å². The van der Waals surface area contributed by atoms with E-state index in [-0.39, 0.29) is 5.78 Å². The van der Waals surface area contributed by atoms with E-state index in [1.165, 1.54) is 12.8 Å². The molecule has 1 heterocycles. The number of aryl methyl sites for hydroxylation is 2. The maximum atomic E-state index is 12.3. The van der Waals surface area contributed by atoms with E-state index < -0.39 is 0 Å². The van der Waals surface area contributed by atoms with Crippen LogP contribution in [0.25, 0.3) is 0 Å². The average molecular weight is 261 g/mol. The third-order valence-electron chi connectivity index (χ3n) is 3.90. The molecule has 0 radical (unpaired) electrons. The highest BCUT2D eigenvalue weighted by Crippen LogP contribution is 2.23. The number of ether oxygens (including phenoxy) is 1. The molecule has 1 saturated heterocycles. The fraction of sp³-hybridized carbons (Fsp3) is 0.562. The van der Waals surface area contributed by atoms with Gasteiger partial charge in [-0.05, 0) is 63.0 Å². The lowest BCUT2D eigenvalue weighted by Crippen LogP contribution is -2.22. The summed E-state index contributed by atoms with van der Waals surface area (Å²) in [7, 11) is 1.66. The maximum Gasteiger partial charge on any atom is 0.164 e. The number of likely N-dealkylation sites (tertiary alicyclic amines) is 1. The van der Waals surface area contributed by atoms with Crippen LogP contribution in [0.15, 0.2) is 12.1 Å². The fourth-order valence-electron chi connectivity index (χ4n) is 2.71. The van der Waals surface area contributed by atoms with E-state index in [2.05, 4.69) is 4.90 Å². The van der Waals surface area contributed by atoms with E-state index >= 15 is 0 Å². The molecule has 0 bridgehead atoms. The van der Waals surface area contributed by atoms with Gasteiger partial charge in [0.2, 0.25) is 0 Å². The van der Waals surface area contributed by atoms with Crippen molar-refractivity contribution >= 4 is 5.78 Å². The Hall–Kier alpha value is -1.35. The molecule has 1 aliphatic heterocycles. The number of carbonyl (C=O) groups excluding carboxylic acids is 1. The Kier molecular flexibility index (Phi) is 4.59. The van der Waals surface area contributed by atoms with E-state index in [9.17, 15) is 4.79 Å². The van der Waals surface area contributed by atoms with Crippen LogP contribution in [-0.2, 0) is 0 Å². The second kappa shape index (κ2) is 6.20. The molecule has 1 aromatic carbocycles. The number of hydrogen-bond acceptors (Lipinski definition) is 3. The quantitative estimate of drug-likeness (QED) is 0.763. The zero-order valence-electron chi connectivity index (χ0n) is 12.2. The Morgan fingerprint density at radius 2 is 1.89 bits per heavy atom. The monoisotopic (exact) mass is 261 g/mol. The third kappa shape index (κ3) is 3.35. The van der Waals surface area contributed by atoms with Gasteiger partial charge in [0.05, 0.1) is 7.11 Å². The summed E-state index contributed by atoms with van der Waals surface area (Å²) in [6, 6.07) is 3.92. The second-order valence-electron chi connectivity index (χ2n) is 5.36. The van der Waals surface area contributed by atoms with E-state index in [1.807, 2.05) is 26.0 Å². The summed E-state index contributed by atoms with van der Waals surface area (Å²) >= 11 is 0. The van der Waals surface area contributed by atoms with Crippen molar-refractivity contribution in [3.63, 3.8) is 0 Å². The largest absolute Gasteiger partial charge is 0.496 e. The lowest BCUT2D eigenvalue weighted by atomic mass is 9.99. The molecule has 0 unspecified atom stereocenters. The van der Waals surface area contributed by atoms with Crippen molar-refractivity contribution in [1.82, 2.24) is 4.90 Å². The van der Waals surface area contributed by atoms with Crippen molar-refractivity contribution in [3.05, 3.63) is 28.8 Å². The van der Waals surface area contributed by atoms with E-state index in [4.69, 9.17) is 4.74 Å². The number of benzene rings is 1. The van der Waals surface area contributed by atoms with Gasteiger partial charge in [-0.15, -0.1) is 0 Å². The zero-order valence-corrected chi connectivity index (χ0v) is 12.2. The smallest absolute Gasteiger partial charge is 0.164 e. The van der Waals surface area contributed by atoms with Crippen molar-refractivity contribution < 1.29 is 9.53 Å². The summed E-state index contributed by atoms with van der Waals surface area (Å²) in [5, 5.41) is 0. The molecule has 19 heavy (non-hydrogen) atoms. The molecule has 0 saturated carbocycles. The Balaban J connectivity index is 2.03. The number of hydrogen-bond donors (Lipinski definition) is 0. The first kappa shape index (κ1) is 14.1. The number of nitrogens with zero attached hydrogens (tertiary/aromatic N) is 1. The van der Waals surface area contributed by atoms with Crippen LogP contribution in [0.3, 0.4) is 0 Å². The predicted molar refractivity (Wildman–Crippen MR) is 77.1 cm³/mol. The van der Waals surface area contributed by atoms with Crippen molar-refractivity contribution in [1.29, 1.82) is 0 Å². The predicted octanol–water partition coefficient (Wildman–Crippen LogP) is 2.98. The topological polar surface area (TPSA) is 29.5 Å². The van der Waals surface area contributed by atoms with Crippen molar-refractivity contribution in [2.45, 2.75) is 33.1 Å².